The molecule has 0 radical (unpaired) electrons. The predicted molar refractivity (Wildman–Crippen MR) is 80.1 cm³/mol. The molecule has 2 fully saturated rings. The second kappa shape index (κ2) is 17.4. The molecule has 0 nitrogen and oxygen atoms in total. The maximum atomic E-state index is 2.30. The average Bonchev–Trinajstić information content (AvgIpc) is 3.01. The van der Waals surface area contributed by atoms with E-state index in [9.17, 15) is 0 Å². The topological polar surface area (TPSA) is 0 Å². The van der Waals surface area contributed by atoms with Crippen LogP contribution in [-0.2, 0) is 0 Å². The quantitative estimate of drug-likeness (QED) is 0.435. The highest BCUT2D eigenvalue weighted by Gasteiger charge is 2.26. The van der Waals surface area contributed by atoms with Crippen molar-refractivity contribution in [3.05, 3.63) is 0 Å². The van der Waals surface area contributed by atoms with Gasteiger partial charge in [0.25, 0.3) is 0 Å². The predicted octanol–water partition coefficient (Wildman–Crippen LogP) is 6.69. The van der Waals surface area contributed by atoms with Crippen LogP contribution < -0.4 is 0 Å². The lowest BCUT2D eigenvalue weighted by Gasteiger charge is -2.05. The van der Waals surface area contributed by atoms with Crippen molar-refractivity contribution in [2.75, 3.05) is 0 Å². The first kappa shape index (κ1) is 21.3. The Morgan fingerprint density at radius 1 is 0.562 bits per heavy atom. The molecule has 2 atom stereocenters. The fourth-order valence-corrected chi connectivity index (χ4v) is 1.57. The molecule has 0 spiro atoms. The van der Waals surface area contributed by atoms with Crippen LogP contribution in [0.4, 0.5) is 0 Å². The lowest BCUT2D eigenvalue weighted by Crippen LogP contribution is -1.85. The van der Waals surface area contributed by atoms with Gasteiger partial charge in [0.15, 0.2) is 0 Å². The van der Waals surface area contributed by atoms with Gasteiger partial charge in [0.1, 0.15) is 0 Å². The lowest BCUT2D eigenvalue weighted by molar-refractivity contribution is 0.504. The standard InChI is InChI=1S/C6H12.C5H10.2C2H6.CH4/c1-2-4-6-5-3-1;1-4-3-5(4)2;2*1-2;/h1-6H2;4-5H,3H2,1-2H3;2*1-2H3;1H4. The highest BCUT2D eigenvalue weighted by atomic mass is 14.3. The Kier molecular flexibility index (Phi) is 23.2. The fourth-order valence-electron chi connectivity index (χ4n) is 1.57. The van der Waals surface area contributed by atoms with Crippen LogP contribution in [0.2, 0.25) is 0 Å². The minimum Gasteiger partial charge on any atom is -0.0776 e. The van der Waals surface area contributed by atoms with Crippen LogP contribution in [0.15, 0.2) is 0 Å². The van der Waals surface area contributed by atoms with E-state index in [0.29, 0.717) is 0 Å². The van der Waals surface area contributed by atoms with Crippen LogP contribution in [-0.4, -0.2) is 0 Å². The van der Waals surface area contributed by atoms with Crippen molar-refractivity contribution in [3.8, 4) is 0 Å². The van der Waals surface area contributed by atoms with E-state index in [1.54, 1.807) is 0 Å². The van der Waals surface area contributed by atoms with Gasteiger partial charge in [-0.3, -0.25) is 0 Å². The Bertz CT molecular complexity index is 74.7. The Balaban J connectivity index is -0.000000156. The van der Waals surface area contributed by atoms with Gasteiger partial charge >= 0.3 is 0 Å². The fraction of sp³-hybridized carbons (Fsp3) is 1.00. The summed E-state index contributed by atoms with van der Waals surface area (Å²) in [4.78, 5) is 0. The minimum atomic E-state index is 0. The molecule has 0 aromatic heterocycles. The van der Waals surface area contributed by atoms with Gasteiger partial charge in [0.2, 0.25) is 0 Å². The average molecular weight is 230 g/mol. The van der Waals surface area contributed by atoms with E-state index in [4.69, 9.17) is 0 Å². The van der Waals surface area contributed by atoms with E-state index < -0.39 is 0 Å². The van der Waals surface area contributed by atoms with Crippen LogP contribution in [0.25, 0.3) is 0 Å². The summed E-state index contributed by atoms with van der Waals surface area (Å²) in [7, 11) is 0. The summed E-state index contributed by atoms with van der Waals surface area (Å²) in [5.74, 6) is 2.10. The van der Waals surface area contributed by atoms with Crippen LogP contribution in [0, 0.1) is 11.8 Å². The summed E-state index contributed by atoms with van der Waals surface area (Å²) in [6, 6.07) is 0. The molecule has 16 heavy (non-hydrogen) atoms. The second-order valence-electron chi connectivity index (χ2n) is 4.31. The molecule has 0 aromatic rings. The molecular formula is C16H38. The monoisotopic (exact) mass is 230 g/mol. The smallest absolute Gasteiger partial charge is 0.0414 e. The molecule has 0 heterocycles. The highest BCUT2D eigenvalue weighted by molar-refractivity contribution is 4.76. The first-order valence-corrected chi connectivity index (χ1v) is 7.30. The van der Waals surface area contributed by atoms with E-state index in [1.807, 2.05) is 27.7 Å². The van der Waals surface area contributed by atoms with Crippen molar-refractivity contribution in [1.82, 2.24) is 0 Å². The van der Waals surface area contributed by atoms with E-state index in [-0.39, 0.29) is 7.43 Å². The third-order valence-corrected chi connectivity index (χ3v) is 3.01. The van der Waals surface area contributed by atoms with Crippen molar-refractivity contribution < 1.29 is 0 Å². The first-order chi connectivity index (χ1) is 7.30. The third-order valence-electron chi connectivity index (χ3n) is 3.01. The largest absolute Gasteiger partial charge is 0.0776 e. The zero-order valence-corrected chi connectivity index (χ0v) is 12.1. The van der Waals surface area contributed by atoms with Crippen molar-refractivity contribution in [2.45, 2.75) is 93.9 Å². The molecular weight excluding hydrogens is 192 g/mol. The van der Waals surface area contributed by atoms with E-state index in [0.717, 1.165) is 11.8 Å². The molecule has 0 heteroatoms. The molecule has 0 bridgehead atoms. The Morgan fingerprint density at radius 2 is 0.688 bits per heavy atom. The van der Waals surface area contributed by atoms with Gasteiger partial charge < -0.3 is 0 Å². The van der Waals surface area contributed by atoms with E-state index in [1.165, 1.54) is 44.9 Å². The van der Waals surface area contributed by atoms with E-state index >= 15 is 0 Å². The molecule has 2 saturated carbocycles. The van der Waals surface area contributed by atoms with Crippen molar-refractivity contribution in [1.29, 1.82) is 0 Å². The van der Waals surface area contributed by atoms with Gasteiger partial charge in [-0.25, -0.2) is 0 Å². The van der Waals surface area contributed by atoms with Crippen LogP contribution >= 0.6 is 0 Å². The molecule has 0 saturated heterocycles. The summed E-state index contributed by atoms with van der Waals surface area (Å²) in [6.07, 6.45) is 10.5. The molecule has 102 valence electrons. The Labute approximate surface area is 106 Å². The zero-order chi connectivity index (χ0) is 12.1. The maximum Gasteiger partial charge on any atom is -0.0414 e. The van der Waals surface area contributed by atoms with E-state index in [2.05, 4.69) is 13.8 Å². The molecule has 2 unspecified atom stereocenters. The van der Waals surface area contributed by atoms with Gasteiger partial charge in [-0.1, -0.05) is 87.5 Å². The first-order valence-electron chi connectivity index (χ1n) is 7.30. The molecule has 0 N–H and O–H groups in total. The molecule has 2 rings (SSSR count). The summed E-state index contributed by atoms with van der Waals surface area (Å²) < 4.78 is 0. The molecule has 0 aromatic carbocycles. The molecule has 2 aliphatic carbocycles. The number of hydrogen-bond acceptors (Lipinski definition) is 0. The van der Waals surface area contributed by atoms with Crippen molar-refractivity contribution in [3.63, 3.8) is 0 Å². The van der Waals surface area contributed by atoms with Crippen LogP contribution in [0.3, 0.4) is 0 Å². The van der Waals surface area contributed by atoms with Crippen molar-refractivity contribution in [2.24, 2.45) is 11.8 Å². The van der Waals surface area contributed by atoms with Gasteiger partial charge in [0.05, 0.1) is 0 Å². The molecule has 2 aliphatic rings. The summed E-state index contributed by atoms with van der Waals surface area (Å²) >= 11 is 0. The zero-order valence-electron chi connectivity index (χ0n) is 12.1. The van der Waals surface area contributed by atoms with Gasteiger partial charge in [-0.15, -0.1) is 0 Å². The Morgan fingerprint density at radius 3 is 0.750 bits per heavy atom. The molecule has 0 aliphatic heterocycles. The lowest BCUT2D eigenvalue weighted by atomic mass is 10.0. The maximum absolute atomic E-state index is 2.30. The van der Waals surface area contributed by atoms with Crippen LogP contribution in [0.1, 0.15) is 93.9 Å². The van der Waals surface area contributed by atoms with Gasteiger partial charge in [0, 0.05) is 0 Å². The van der Waals surface area contributed by atoms with Crippen LogP contribution in [0.5, 0.6) is 0 Å². The Hall–Kier alpha value is 0. The highest BCUT2D eigenvalue weighted by Crippen LogP contribution is 2.36. The number of rotatable bonds is 0. The van der Waals surface area contributed by atoms with Gasteiger partial charge in [-0.05, 0) is 18.3 Å². The number of hydrogen-bond donors (Lipinski definition) is 0. The SMILES string of the molecule is C.C1CCCCC1.CC.CC.CC1CC1C. The molecule has 0 amide bonds. The van der Waals surface area contributed by atoms with Gasteiger partial charge in [-0.2, -0.15) is 0 Å². The minimum absolute atomic E-state index is 0. The second-order valence-corrected chi connectivity index (χ2v) is 4.31. The summed E-state index contributed by atoms with van der Waals surface area (Å²) in [5, 5.41) is 0. The normalized spacial score (nSPS) is 25.1. The summed E-state index contributed by atoms with van der Waals surface area (Å²) in [6.45, 7) is 12.6. The van der Waals surface area contributed by atoms with Crippen molar-refractivity contribution >= 4 is 0 Å². The summed E-state index contributed by atoms with van der Waals surface area (Å²) in [5.41, 5.74) is 0. The third kappa shape index (κ3) is 16.4.